The summed E-state index contributed by atoms with van der Waals surface area (Å²) in [5, 5.41) is 78.4. The van der Waals surface area contributed by atoms with Crippen LogP contribution >= 0.6 is 0 Å². The van der Waals surface area contributed by atoms with Gasteiger partial charge >= 0.3 is 0 Å². The molecule has 1 saturated heterocycles. The third kappa shape index (κ3) is 3.50. The van der Waals surface area contributed by atoms with E-state index in [1.807, 2.05) is 0 Å². The topological polar surface area (TPSA) is 211 Å². The SMILES string of the molecule is O=c1c(OC2OC[C@@H](O)[C@H](O)[C@H]2O)c(-c2cc(O)c(O)c(O)c2)oc2cc(O)cc(O)c12. The van der Waals surface area contributed by atoms with Crippen molar-refractivity contribution in [2.75, 3.05) is 6.61 Å². The number of hydrogen-bond acceptors (Lipinski definition) is 12. The minimum absolute atomic E-state index is 0.166. The second-order valence-electron chi connectivity index (χ2n) is 7.16. The van der Waals surface area contributed by atoms with Crippen molar-refractivity contribution in [1.29, 1.82) is 0 Å². The lowest BCUT2D eigenvalue weighted by atomic mass is 10.1. The summed E-state index contributed by atoms with van der Waals surface area (Å²) in [7, 11) is 0. The number of aliphatic hydroxyl groups excluding tert-OH is 3. The number of fused-ring (bicyclic) bond motifs is 1. The van der Waals surface area contributed by atoms with Gasteiger partial charge in [-0.3, -0.25) is 4.79 Å². The quantitative estimate of drug-likeness (QED) is 0.244. The van der Waals surface area contributed by atoms with Crippen molar-refractivity contribution in [2.24, 2.45) is 0 Å². The Kier molecular flexibility index (Phi) is 5.22. The largest absolute Gasteiger partial charge is 0.508 e. The average Bonchev–Trinajstić information content (AvgIpc) is 2.72. The van der Waals surface area contributed by atoms with Crippen molar-refractivity contribution < 1.29 is 54.7 Å². The predicted octanol–water partition coefficient (Wildman–Crippen LogP) is -0.194. The molecule has 32 heavy (non-hydrogen) atoms. The lowest BCUT2D eigenvalue weighted by molar-refractivity contribution is -0.242. The van der Waals surface area contributed by atoms with Gasteiger partial charge in [0.15, 0.2) is 23.0 Å². The first-order valence-electron chi connectivity index (χ1n) is 9.19. The first-order chi connectivity index (χ1) is 15.1. The summed E-state index contributed by atoms with van der Waals surface area (Å²) in [5.74, 6) is -4.54. The highest BCUT2D eigenvalue weighted by Gasteiger charge is 2.40. The van der Waals surface area contributed by atoms with Gasteiger partial charge in [-0.25, -0.2) is 0 Å². The molecule has 3 aromatic rings. The molecule has 0 radical (unpaired) electrons. The van der Waals surface area contributed by atoms with Crippen LogP contribution in [-0.4, -0.2) is 72.1 Å². The number of aromatic hydroxyl groups is 5. The second kappa shape index (κ2) is 7.76. The van der Waals surface area contributed by atoms with Crippen molar-refractivity contribution in [2.45, 2.75) is 24.6 Å². The smallest absolute Gasteiger partial charge is 0.239 e. The maximum absolute atomic E-state index is 13.2. The van der Waals surface area contributed by atoms with Crippen LogP contribution in [0.4, 0.5) is 0 Å². The lowest BCUT2D eigenvalue weighted by Gasteiger charge is -2.34. The Morgan fingerprint density at radius 1 is 0.875 bits per heavy atom. The van der Waals surface area contributed by atoms with Crippen LogP contribution in [0.3, 0.4) is 0 Å². The highest BCUT2D eigenvalue weighted by Crippen LogP contribution is 2.42. The normalized spacial score (nSPS) is 23.3. The van der Waals surface area contributed by atoms with E-state index in [9.17, 15) is 45.6 Å². The number of phenolic OH excluding ortho intramolecular Hbond substituents is 5. The maximum Gasteiger partial charge on any atom is 0.239 e. The molecule has 4 atom stereocenters. The van der Waals surface area contributed by atoms with Crippen LogP contribution in [0.25, 0.3) is 22.3 Å². The molecule has 170 valence electrons. The van der Waals surface area contributed by atoms with E-state index in [1.54, 1.807) is 0 Å². The predicted molar refractivity (Wildman–Crippen MR) is 105 cm³/mol. The number of ether oxygens (including phenoxy) is 2. The van der Waals surface area contributed by atoms with E-state index >= 15 is 0 Å². The van der Waals surface area contributed by atoms with E-state index < -0.39 is 82.3 Å². The van der Waals surface area contributed by atoms with Gasteiger partial charge in [-0.2, -0.15) is 0 Å². The van der Waals surface area contributed by atoms with Crippen molar-refractivity contribution in [3.8, 4) is 45.8 Å². The first kappa shape index (κ1) is 21.5. The molecule has 1 aromatic heterocycles. The Bertz CT molecular complexity index is 1230. The molecule has 2 aromatic carbocycles. The van der Waals surface area contributed by atoms with Gasteiger partial charge < -0.3 is 54.7 Å². The summed E-state index contributed by atoms with van der Waals surface area (Å²) in [6, 6.07) is 3.78. The molecule has 1 aliphatic rings. The zero-order chi connectivity index (χ0) is 23.3. The summed E-state index contributed by atoms with van der Waals surface area (Å²) in [6.45, 7) is -0.433. The van der Waals surface area contributed by atoms with Crippen LogP contribution < -0.4 is 10.2 Å². The molecule has 8 N–H and O–H groups in total. The van der Waals surface area contributed by atoms with Gasteiger partial charge in [-0.15, -0.1) is 0 Å². The van der Waals surface area contributed by atoms with Crippen molar-refractivity contribution in [3.63, 3.8) is 0 Å². The number of aliphatic hydroxyl groups is 3. The Hall–Kier alpha value is -3.71. The van der Waals surface area contributed by atoms with E-state index in [2.05, 4.69) is 0 Å². The van der Waals surface area contributed by atoms with Gasteiger partial charge in [0.05, 0.1) is 6.61 Å². The van der Waals surface area contributed by atoms with Crippen LogP contribution in [-0.2, 0) is 4.74 Å². The van der Waals surface area contributed by atoms with E-state index in [0.29, 0.717) is 0 Å². The molecule has 1 fully saturated rings. The zero-order valence-electron chi connectivity index (χ0n) is 16.0. The molecule has 0 saturated carbocycles. The second-order valence-corrected chi connectivity index (χ2v) is 7.16. The zero-order valence-corrected chi connectivity index (χ0v) is 16.0. The molecule has 12 nitrogen and oxygen atoms in total. The van der Waals surface area contributed by atoms with Crippen molar-refractivity contribution in [1.82, 2.24) is 0 Å². The highest BCUT2D eigenvalue weighted by molar-refractivity contribution is 5.88. The lowest BCUT2D eigenvalue weighted by Crippen LogP contribution is -2.55. The number of phenols is 5. The van der Waals surface area contributed by atoms with Crippen LogP contribution in [0.5, 0.6) is 34.5 Å². The summed E-state index contributed by atoms with van der Waals surface area (Å²) in [4.78, 5) is 13.2. The fourth-order valence-corrected chi connectivity index (χ4v) is 3.30. The molecule has 0 amide bonds. The molecule has 1 aliphatic heterocycles. The Morgan fingerprint density at radius 2 is 1.53 bits per heavy atom. The monoisotopic (exact) mass is 450 g/mol. The summed E-state index contributed by atoms with van der Waals surface area (Å²) < 4.78 is 16.2. The fourth-order valence-electron chi connectivity index (χ4n) is 3.30. The molecule has 2 heterocycles. The van der Waals surface area contributed by atoms with Crippen molar-refractivity contribution >= 4 is 11.0 Å². The number of hydrogen-bond donors (Lipinski definition) is 8. The molecule has 0 bridgehead atoms. The average molecular weight is 450 g/mol. The molecule has 0 spiro atoms. The van der Waals surface area contributed by atoms with Gasteiger partial charge in [0, 0.05) is 17.7 Å². The Morgan fingerprint density at radius 3 is 2.19 bits per heavy atom. The molecule has 4 rings (SSSR count). The summed E-state index contributed by atoms with van der Waals surface area (Å²) >= 11 is 0. The molecule has 1 unspecified atom stereocenters. The Balaban J connectivity index is 1.95. The van der Waals surface area contributed by atoms with E-state index in [4.69, 9.17) is 13.9 Å². The van der Waals surface area contributed by atoms with Crippen molar-refractivity contribution in [3.05, 3.63) is 34.5 Å². The van der Waals surface area contributed by atoms with Gasteiger partial charge in [0.1, 0.15) is 40.8 Å². The Labute approximate surface area is 178 Å². The molecule has 0 aliphatic carbocycles. The molecular weight excluding hydrogens is 432 g/mol. The first-order valence-corrected chi connectivity index (χ1v) is 9.19. The number of benzene rings is 2. The van der Waals surface area contributed by atoms with Crippen LogP contribution in [0.2, 0.25) is 0 Å². The maximum atomic E-state index is 13.2. The van der Waals surface area contributed by atoms with Crippen LogP contribution in [0.15, 0.2) is 33.5 Å². The standard InChI is InChI=1S/C20H18O12/c21-7-3-8(22)13-12(4-7)31-18(6-1-9(23)14(26)10(24)2-6)19(16(13)28)32-20-17(29)15(27)11(25)5-30-20/h1-4,11,15,17,20-27,29H,5H2/t11-,15+,17-,20?/m1/s1. The van der Waals surface area contributed by atoms with Gasteiger partial charge in [-0.05, 0) is 12.1 Å². The minimum Gasteiger partial charge on any atom is -0.508 e. The highest BCUT2D eigenvalue weighted by atomic mass is 16.7. The van der Waals surface area contributed by atoms with E-state index in [-0.39, 0.29) is 11.1 Å². The van der Waals surface area contributed by atoms with Crippen LogP contribution in [0, 0.1) is 0 Å². The molecular formula is C20H18O12. The summed E-state index contributed by atoms with van der Waals surface area (Å²) in [5.41, 5.74) is -1.44. The fraction of sp³-hybridized carbons (Fsp3) is 0.250. The minimum atomic E-state index is -1.78. The van der Waals surface area contributed by atoms with Gasteiger partial charge in [0.2, 0.25) is 17.5 Å². The summed E-state index contributed by atoms with van der Waals surface area (Å²) in [6.07, 6.45) is -6.49. The van der Waals surface area contributed by atoms with E-state index in [0.717, 1.165) is 24.3 Å². The van der Waals surface area contributed by atoms with Crippen LogP contribution in [0.1, 0.15) is 0 Å². The third-order valence-corrected chi connectivity index (χ3v) is 4.94. The van der Waals surface area contributed by atoms with Gasteiger partial charge in [0.25, 0.3) is 0 Å². The van der Waals surface area contributed by atoms with E-state index in [1.165, 1.54) is 0 Å². The molecule has 12 heteroatoms. The van der Waals surface area contributed by atoms with Gasteiger partial charge in [-0.1, -0.05) is 0 Å². The third-order valence-electron chi connectivity index (χ3n) is 4.94. The number of rotatable bonds is 3.